The van der Waals surface area contributed by atoms with E-state index in [-0.39, 0.29) is 6.17 Å². The molecule has 1 aliphatic carbocycles. The Kier molecular flexibility index (Phi) is 6.37. The van der Waals surface area contributed by atoms with Crippen molar-refractivity contribution in [1.29, 1.82) is 0 Å². The van der Waals surface area contributed by atoms with Gasteiger partial charge in [0, 0.05) is 46.8 Å². The van der Waals surface area contributed by atoms with Gasteiger partial charge in [0.15, 0.2) is 0 Å². The Bertz CT molecular complexity index is 2730. The first-order chi connectivity index (χ1) is 25.3. The molecule has 0 saturated heterocycles. The molecule has 1 aromatic heterocycles. The molecular weight excluding hydrogens is 657 g/mol. The minimum Gasteiger partial charge on any atom is -0.359 e. The van der Waals surface area contributed by atoms with Gasteiger partial charge in [-0.05, 0) is 63.2 Å². The summed E-state index contributed by atoms with van der Waals surface area (Å²) in [5, 5.41) is 6.51. The van der Waals surface area contributed by atoms with Crippen LogP contribution in [0.25, 0.3) is 37.0 Å². The number of thiophene rings is 1. The lowest BCUT2D eigenvalue weighted by Crippen LogP contribution is -2.33. The van der Waals surface area contributed by atoms with E-state index in [1.54, 1.807) is 0 Å². The largest absolute Gasteiger partial charge is 0.359 e. The molecule has 2 aliphatic heterocycles. The lowest BCUT2D eigenvalue weighted by molar-refractivity contribution is 0.661. The van der Waals surface area contributed by atoms with Gasteiger partial charge in [0.2, 0.25) is 0 Å². The third kappa shape index (κ3) is 4.21. The monoisotopic (exact) mass is 686 g/mol. The molecule has 0 fully saturated rings. The van der Waals surface area contributed by atoms with Gasteiger partial charge in [-0.3, -0.25) is 4.99 Å². The molecule has 51 heavy (non-hydrogen) atoms. The maximum atomic E-state index is 5.36. The van der Waals surface area contributed by atoms with E-state index in [1.807, 2.05) is 23.1 Å². The van der Waals surface area contributed by atoms with Crippen LogP contribution in [0.5, 0.6) is 0 Å². The van der Waals surface area contributed by atoms with E-state index in [4.69, 9.17) is 4.99 Å². The molecule has 1 spiro atoms. The molecule has 1 N–H and O–H groups in total. The Morgan fingerprint density at radius 1 is 0.529 bits per heavy atom. The summed E-state index contributed by atoms with van der Waals surface area (Å²) < 4.78 is 2.60. The first kappa shape index (κ1) is 29.1. The number of nitrogens with one attached hydrogen (secondary N) is 1. The predicted octanol–water partition coefficient (Wildman–Crippen LogP) is 12.0. The van der Waals surface area contributed by atoms with E-state index in [0.29, 0.717) is 0 Å². The minimum atomic E-state index is -0.419. The van der Waals surface area contributed by atoms with E-state index in [2.05, 4.69) is 175 Å². The molecule has 8 aromatic rings. The smallest absolute Gasteiger partial charge is 0.145 e. The van der Waals surface area contributed by atoms with Crippen molar-refractivity contribution in [2.24, 2.45) is 4.99 Å². The zero-order chi connectivity index (χ0) is 33.5. The van der Waals surface area contributed by atoms with Crippen molar-refractivity contribution in [1.82, 2.24) is 5.32 Å². The van der Waals surface area contributed by atoms with Crippen molar-refractivity contribution in [2.45, 2.75) is 21.4 Å². The van der Waals surface area contributed by atoms with Crippen LogP contribution in [0, 0.1) is 0 Å². The summed E-state index contributed by atoms with van der Waals surface area (Å²) in [4.78, 5) is 7.95. The first-order valence-electron chi connectivity index (χ1n) is 17.4. The Morgan fingerprint density at radius 3 is 2.00 bits per heavy atom. The van der Waals surface area contributed by atoms with Crippen molar-refractivity contribution >= 4 is 54.7 Å². The average Bonchev–Trinajstić information content (AvgIpc) is 3.72. The molecule has 240 valence electrons. The summed E-state index contributed by atoms with van der Waals surface area (Å²) in [5.41, 5.74) is 13.1. The van der Waals surface area contributed by atoms with Gasteiger partial charge in [-0.1, -0.05) is 157 Å². The van der Waals surface area contributed by atoms with Gasteiger partial charge < -0.3 is 5.32 Å². The standard InChI is InChI=1S/C47H30N2S2/c1-2-13-29(14-3-1)46-48-40(30-25-26-34-33-17-6-10-23-42(33)50-44(34)27-30)28-41(49-46)35-18-12-22-39-45(35)51-43-24-11-9-21-38(43)47(39)36-19-7-4-15-31(36)32-16-5-8-20-37(32)47/h1-28,46,49H. The van der Waals surface area contributed by atoms with Gasteiger partial charge in [-0.15, -0.1) is 11.3 Å². The summed E-state index contributed by atoms with van der Waals surface area (Å²) in [7, 11) is 0. The van der Waals surface area contributed by atoms with E-state index < -0.39 is 5.41 Å². The van der Waals surface area contributed by atoms with Crippen molar-refractivity contribution in [3.63, 3.8) is 0 Å². The summed E-state index contributed by atoms with van der Waals surface area (Å²) in [5.74, 6) is 0. The summed E-state index contributed by atoms with van der Waals surface area (Å²) in [6, 6.07) is 60.1. The fourth-order valence-corrected chi connectivity index (χ4v) is 11.1. The SMILES string of the molecule is C1=C(c2cccc3c2Sc2ccccc2C32c3ccccc3-c3ccccc32)NC(c2ccccc2)N=C1c1ccc2c(c1)sc1ccccc12. The fourth-order valence-electron chi connectivity index (χ4n) is 8.62. The zero-order valence-electron chi connectivity index (χ0n) is 27.5. The lowest BCUT2D eigenvalue weighted by Gasteiger charge is -2.40. The number of hydrogen-bond acceptors (Lipinski definition) is 4. The number of benzene rings is 7. The van der Waals surface area contributed by atoms with Crippen molar-refractivity contribution < 1.29 is 0 Å². The number of nitrogens with zero attached hydrogens (tertiary/aromatic N) is 1. The molecule has 3 heterocycles. The molecule has 1 unspecified atom stereocenters. The Balaban J connectivity index is 1.14. The molecule has 0 amide bonds. The molecule has 0 saturated carbocycles. The van der Waals surface area contributed by atoms with Crippen LogP contribution >= 0.6 is 23.1 Å². The lowest BCUT2D eigenvalue weighted by atomic mass is 9.67. The number of hydrogen-bond donors (Lipinski definition) is 1. The topological polar surface area (TPSA) is 24.4 Å². The van der Waals surface area contributed by atoms with Gasteiger partial charge in [0.05, 0.1) is 11.1 Å². The molecular formula is C47H30N2S2. The van der Waals surface area contributed by atoms with E-state index in [9.17, 15) is 0 Å². The minimum absolute atomic E-state index is 0.224. The van der Waals surface area contributed by atoms with E-state index in [0.717, 1.165) is 22.5 Å². The third-order valence-corrected chi connectivity index (χ3v) is 13.1. The Hall–Kier alpha value is -5.68. The molecule has 0 radical (unpaired) electrons. The summed E-state index contributed by atoms with van der Waals surface area (Å²) >= 11 is 3.74. The Morgan fingerprint density at radius 2 is 1.18 bits per heavy atom. The molecule has 7 aromatic carbocycles. The quantitative estimate of drug-likeness (QED) is 0.200. The van der Waals surface area contributed by atoms with Gasteiger partial charge in [0.25, 0.3) is 0 Å². The Labute approximate surface area is 304 Å². The second-order valence-electron chi connectivity index (χ2n) is 13.5. The number of fused-ring (bicyclic) bond motifs is 12. The van der Waals surface area contributed by atoms with Crippen LogP contribution in [-0.4, -0.2) is 5.71 Å². The zero-order valence-corrected chi connectivity index (χ0v) is 29.1. The number of rotatable bonds is 3. The molecule has 2 nitrogen and oxygen atoms in total. The van der Waals surface area contributed by atoms with Crippen molar-refractivity contribution in [3.8, 4) is 11.1 Å². The third-order valence-electron chi connectivity index (χ3n) is 10.8. The maximum absolute atomic E-state index is 5.36. The van der Waals surface area contributed by atoms with Crippen molar-refractivity contribution in [2.75, 3.05) is 0 Å². The average molecular weight is 687 g/mol. The second kappa shape index (κ2) is 11.2. The maximum Gasteiger partial charge on any atom is 0.145 e. The second-order valence-corrected chi connectivity index (χ2v) is 15.6. The molecule has 3 aliphatic rings. The van der Waals surface area contributed by atoms with Gasteiger partial charge in [-0.2, -0.15) is 0 Å². The van der Waals surface area contributed by atoms with Crippen LogP contribution in [0.3, 0.4) is 0 Å². The van der Waals surface area contributed by atoms with Crippen LogP contribution in [0.1, 0.15) is 45.1 Å². The van der Waals surface area contributed by atoms with Crippen LogP contribution in [0.2, 0.25) is 0 Å². The van der Waals surface area contributed by atoms with Gasteiger partial charge in [-0.25, -0.2) is 0 Å². The highest BCUT2D eigenvalue weighted by molar-refractivity contribution is 7.99. The van der Waals surface area contributed by atoms with Crippen molar-refractivity contribution in [3.05, 3.63) is 209 Å². The molecule has 0 bridgehead atoms. The summed E-state index contributed by atoms with van der Waals surface area (Å²) in [6.07, 6.45) is 2.05. The molecule has 1 atom stereocenters. The van der Waals surface area contributed by atoms with Crippen LogP contribution in [-0.2, 0) is 5.41 Å². The fraction of sp³-hybridized carbons (Fsp3) is 0.0426. The first-order valence-corrected chi connectivity index (χ1v) is 19.0. The molecule has 11 rings (SSSR count). The van der Waals surface area contributed by atoms with Crippen LogP contribution in [0.4, 0.5) is 0 Å². The predicted molar refractivity (Wildman–Crippen MR) is 214 cm³/mol. The van der Waals surface area contributed by atoms with Gasteiger partial charge in [0.1, 0.15) is 6.17 Å². The molecule has 4 heteroatoms. The highest BCUT2D eigenvalue weighted by Crippen LogP contribution is 2.62. The highest BCUT2D eigenvalue weighted by atomic mass is 32.2. The van der Waals surface area contributed by atoms with E-state index in [1.165, 1.54) is 68.9 Å². The van der Waals surface area contributed by atoms with Crippen LogP contribution < -0.4 is 5.32 Å². The highest BCUT2D eigenvalue weighted by Gasteiger charge is 2.50. The normalized spacial score (nSPS) is 16.5. The van der Waals surface area contributed by atoms with Gasteiger partial charge >= 0.3 is 0 Å². The van der Waals surface area contributed by atoms with E-state index >= 15 is 0 Å². The number of aliphatic imine (C=N–C) groups is 1. The number of allylic oxidation sites excluding steroid dienone is 1. The van der Waals surface area contributed by atoms with Crippen LogP contribution in [0.15, 0.2) is 185 Å². The summed E-state index contributed by atoms with van der Waals surface area (Å²) in [6.45, 7) is 0.